The quantitative estimate of drug-likeness (QED) is 0.603. The van der Waals surface area contributed by atoms with E-state index in [1.165, 1.54) is 0 Å². The fourth-order valence-corrected chi connectivity index (χ4v) is 2.75. The molecule has 0 saturated carbocycles. The molecule has 1 saturated heterocycles. The van der Waals surface area contributed by atoms with E-state index in [0.717, 1.165) is 0 Å². The maximum absolute atomic E-state index is 12.1. The number of nitrogens with one attached hydrogen (secondary N) is 2. The molecule has 4 amide bonds. The summed E-state index contributed by atoms with van der Waals surface area (Å²) >= 11 is 8.94. The summed E-state index contributed by atoms with van der Waals surface area (Å²) in [5.74, 6) is -0.380. The zero-order valence-electron chi connectivity index (χ0n) is 12.0. The molecule has 0 aromatic heterocycles. The van der Waals surface area contributed by atoms with Crippen LogP contribution in [0.4, 0.5) is 4.79 Å². The van der Waals surface area contributed by atoms with Gasteiger partial charge in [0.2, 0.25) is 4.32 Å². The van der Waals surface area contributed by atoms with E-state index < -0.39 is 22.2 Å². The topological polar surface area (TPSA) is 84.5 Å². The summed E-state index contributed by atoms with van der Waals surface area (Å²) in [6, 6.07) is 12.4. The van der Waals surface area contributed by atoms with Crippen LogP contribution in [0.1, 0.15) is 5.56 Å². The Morgan fingerprint density at radius 3 is 1.79 bits per heavy atom. The van der Waals surface area contributed by atoms with Crippen LogP contribution in [0.15, 0.2) is 48.5 Å². The minimum absolute atomic E-state index is 0.369. The third kappa shape index (κ3) is 3.00. The Balaban J connectivity index is 1.83. The van der Waals surface area contributed by atoms with Crippen molar-refractivity contribution in [3.8, 4) is 11.5 Å². The van der Waals surface area contributed by atoms with Gasteiger partial charge in [0.1, 0.15) is 11.5 Å². The average molecular weight is 410 g/mol. The first kappa shape index (κ1) is 16.5. The summed E-state index contributed by atoms with van der Waals surface area (Å²) in [6.07, 6.45) is 0. The van der Waals surface area contributed by atoms with Crippen LogP contribution in [-0.2, 0) is 13.9 Å². The second-order valence-electron chi connectivity index (χ2n) is 4.98. The summed E-state index contributed by atoms with van der Waals surface area (Å²) in [5.41, 5.74) is 0.369. The van der Waals surface area contributed by atoms with Crippen molar-refractivity contribution in [1.29, 1.82) is 0 Å². The van der Waals surface area contributed by atoms with Crippen LogP contribution in [0.25, 0.3) is 0 Å². The summed E-state index contributed by atoms with van der Waals surface area (Å²) in [7, 11) is 0. The van der Waals surface area contributed by atoms with Gasteiger partial charge in [-0.2, -0.15) is 0 Å². The number of rotatable bonds is 3. The van der Waals surface area contributed by atoms with Gasteiger partial charge < -0.3 is 4.74 Å². The van der Waals surface area contributed by atoms with Crippen molar-refractivity contribution in [1.82, 2.24) is 10.6 Å². The third-order valence-electron chi connectivity index (χ3n) is 3.38. The molecule has 2 aromatic carbocycles. The van der Waals surface area contributed by atoms with Gasteiger partial charge in [0.15, 0.2) is 0 Å². The van der Waals surface area contributed by atoms with E-state index in [4.69, 9.17) is 16.3 Å². The van der Waals surface area contributed by atoms with Crippen LogP contribution in [0.2, 0.25) is 5.02 Å². The molecule has 2 N–H and O–H groups in total. The number of ether oxygens (including phenoxy) is 1. The van der Waals surface area contributed by atoms with Gasteiger partial charge >= 0.3 is 6.03 Å². The standard InChI is InChI=1S/C16H10BrClN2O4/c17-16(13(21)19-15(23)20-14(16)22)9-1-5-11(6-2-9)24-12-7-3-10(18)4-8-12/h1-8H,(H2,19,20,21,22,23). The van der Waals surface area contributed by atoms with E-state index in [9.17, 15) is 14.4 Å². The van der Waals surface area contributed by atoms with Crippen molar-refractivity contribution in [2.24, 2.45) is 0 Å². The Kier molecular flexibility index (Phi) is 4.29. The van der Waals surface area contributed by atoms with Crippen LogP contribution >= 0.6 is 27.5 Å². The fourth-order valence-electron chi connectivity index (χ4n) is 2.17. The van der Waals surface area contributed by atoms with Crippen molar-refractivity contribution in [2.75, 3.05) is 0 Å². The summed E-state index contributed by atoms with van der Waals surface area (Å²) in [5, 5.41) is 4.72. The molecule has 0 aliphatic carbocycles. The van der Waals surface area contributed by atoms with E-state index in [2.05, 4.69) is 26.6 Å². The summed E-state index contributed by atoms with van der Waals surface area (Å²) in [4.78, 5) is 35.3. The van der Waals surface area contributed by atoms with Crippen molar-refractivity contribution < 1.29 is 19.1 Å². The molecule has 0 bridgehead atoms. The first-order chi connectivity index (χ1) is 11.4. The Labute approximate surface area is 150 Å². The number of benzene rings is 2. The highest BCUT2D eigenvalue weighted by atomic mass is 79.9. The van der Waals surface area contributed by atoms with Crippen molar-refractivity contribution in [3.63, 3.8) is 0 Å². The minimum Gasteiger partial charge on any atom is -0.457 e. The van der Waals surface area contributed by atoms with Gasteiger partial charge in [-0.3, -0.25) is 20.2 Å². The SMILES string of the molecule is O=C1NC(=O)C(Br)(c2ccc(Oc3ccc(Cl)cc3)cc2)C(=O)N1. The van der Waals surface area contributed by atoms with Crippen molar-refractivity contribution in [3.05, 3.63) is 59.1 Å². The van der Waals surface area contributed by atoms with Crippen LogP contribution in [-0.4, -0.2) is 17.8 Å². The van der Waals surface area contributed by atoms with E-state index in [1.807, 2.05) is 0 Å². The molecular formula is C16H10BrClN2O4. The maximum atomic E-state index is 12.1. The van der Waals surface area contributed by atoms with Gasteiger partial charge in [-0.25, -0.2) is 4.79 Å². The second-order valence-corrected chi connectivity index (χ2v) is 6.60. The van der Waals surface area contributed by atoms with Crippen LogP contribution in [0, 0.1) is 0 Å². The molecule has 0 atom stereocenters. The highest BCUT2D eigenvalue weighted by Gasteiger charge is 2.49. The van der Waals surface area contributed by atoms with Crippen LogP contribution < -0.4 is 15.4 Å². The molecule has 6 nitrogen and oxygen atoms in total. The van der Waals surface area contributed by atoms with Crippen LogP contribution in [0.3, 0.4) is 0 Å². The molecule has 1 aliphatic heterocycles. The number of halogens is 2. The lowest BCUT2D eigenvalue weighted by Crippen LogP contribution is -2.62. The van der Waals surface area contributed by atoms with Gasteiger partial charge in [0.05, 0.1) is 0 Å². The molecule has 122 valence electrons. The molecule has 0 radical (unpaired) electrons. The Bertz CT molecular complexity index is 801. The number of carbonyl (C=O) groups is 3. The molecule has 1 aliphatic rings. The van der Waals surface area contributed by atoms with Gasteiger partial charge in [0, 0.05) is 5.02 Å². The molecule has 1 heterocycles. The molecular weight excluding hydrogens is 400 g/mol. The lowest BCUT2D eigenvalue weighted by Gasteiger charge is -2.29. The van der Waals surface area contributed by atoms with Gasteiger partial charge in [-0.15, -0.1) is 0 Å². The number of hydrogen-bond donors (Lipinski definition) is 2. The van der Waals surface area contributed by atoms with Gasteiger partial charge in [0.25, 0.3) is 11.8 Å². The second kappa shape index (κ2) is 6.26. The van der Waals surface area contributed by atoms with E-state index in [0.29, 0.717) is 22.1 Å². The van der Waals surface area contributed by atoms with Gasteiger partial charge in [-0.05, 0) is 42.0 Å². The molecule has 24 heavy (non-hydrogen) atoms. The number of urea groups is 1. The molecule has 2 aromatic rings. The molecule has 3 rings (SSSR count). The van der Waals surface area contributed by atoms with E-state index in [1.54, 1.807) is 48.5 Å². The van der Waals surface area contributed by atoms with E-state index >= 15 is 0 Å². The lowest BCUT2D eigenvalue weighted by molar-refractivity contribution is -0.133. The zero-order chi connectivity index (χ0) is 17.3. The maximum Gasteiger partial charge on any atom is 0.328 e. The minimum atomic E-state index is -1.67. The normalized spacial score (nSPS) is 16.3. The fraction of sp³-hybridized carbons (Fsp3) is 0.0625. The number of barbiturate groups is 1. The van der Waals surface area contributed by atoms with Gasteiger partial charge in [-0.1, -0.05) is 39.7 Å². The molecule has 8 heteroatoms. The average Bonchev–Trinajstić information content (AvgIpc) is 2.55. The Hall–Kier alpha value is -2.38. The van der Waals surface area contributed by atoms with Crippen molar-refractivity contribution in [2.45, 2.75) is 4.32 Å². The predicted octanol–water partition coefficient (Wildman–Crippen LogP) is 3.09. The number of carbonyl (C=O) groups excluding carboxylic acids is 3. The largest absolute Gasteiger partial charge is 0.457 e. The highest BCUT2D eigenvalue weighted by Crippen LogP contribution is 2.35. The first-order valence-corrected chi connectivity index (χ1v) is 7.96. The first-order valence-electron chi connectivity index (χ1n) is 6.79. The van der Waals surface area contributed by atoms with E-state index in [-0.39, 0.29) is 0 Å². The summed E-state index contributed by atoms with van der Waals surface area (Å²) < 4.78 is 3.98. The molecule has 0 spiro atoms. The molecule has 1 fully saturated rings. The highest BCUT2D eigenvalue weighted by molar-refractivity contribution is 9.10. The monoisotopic (exact) mass is 408 g/mol. The Morgan fingerprint density at radius 1 is 0.833 bits per heavy atom. The number of imide groups is 2. The number of hydrogen-bond acceptors (Lipinski definition) is 4. The Morgan fingerprint density at radius 2 is 1.29 bits per heavy atom. The number of alkyl halides is 1. The molecule has 0 unspecified atom stereocenters. The lowest BCUT2D eigenvalue weighted by atomic mass is 9.95. The van der Waals surface area contributed by atoms with Crippen LogP contribution in [0.5, 0.6) is 11.5 Å². The van der Waals surface area contributed by atoms with Crippen molar-refractivity contribution >= 4 is 45.4 Å². The third-order valence-corrected chi connectivity index (χ3v) is 4.81. The zero-order valence-corrected chi connectivity index (χ0v) is 14.3. The summed E-state index contributed by atoms with van der Waals surface area (Å²) in [6.45, 7) is 0. The predicted molar refractivity (Wildman–Crippen MR) is 90.3 cm³/mol. The smallest absolute Gasteiger partial charge is 0.328 e. The number of amides is 4.